The first-order valence-corrected chi connectivity index (χ1v) is 1.46. The van der Waals surface area contributed by atoms with Gasteiger partial charge in [-0.25, -0.2) is 0 Å². The van der Waals surface area contributed by atoms with Crippen molar-refractivity contribution >= 4 is 12.2 Å². The van der Waals surface area contributed by atoms with Crippen molar-refractivity contribution in [3.63, 3.8) is 0 Å². The van der Waals surface area contributed by atoms with E-state index in [1.807, 2.05) is 0 Å². The normalized spacial score (nSPS) is 7.60. The quantitative estimate of drug-likeness (QED) is 0.239. The molecule has 0 aromatic carbocycles. The topological polar surface area (TPSA) is 105 Å². The molecule has 0 atom stereocenters. The summed E-state index contributed by atoms with van der Waals surface area (Å²) in [7, 11) is 0. The fraction of sp³-hybridized carbons (Fsp3) is 0. The monoisotopic (exact) mass is 130 g/mol. The molecule has 10 heavy (non-hydrogen) atoms. The van der Waals surface area contributed by atoms with E-state index in [-0.39, 0.29) is 37.7 Å². The van der Waals surface area contributed by atoms with E-state index in [1.54, 1.807) is 0 Å². The number of carboxylic acid groups (broad SMARTS) is 2. The average molecular weight is 130 g/mol. The summed E-state index contributed by atoms with van der Waals surface area (Å²) in [4.78, 5) is 18.5. The Kier molecular flexibility index (Phi) is 14.3. The minimum atomic E-state index is -1.91. The summed E-state index contributed by atoms with van der Waals surface area (Å²) in [6.45, 7) is 0. The number of hydrogen-bond acceptors (Lipinski definition) is 4. The number of rotatable bonds is 0. The van der Waals surface area contributed by atoms with E-state index in [0.717, 1.165) is 0 Å². The Labute approximate surface area is 80.1 Å². The summed E-state index contributed by atoms with van der Waals surface area (Å²) >= 11 is 0. The molecule has 0 aliphatic rings. The van der Waals surface area contributed by atoms with E-state index in [4.69, 9.17) is 0 Å². The van der Waals surface area contributed by atoms with Gasteiger partial charge in [-0.3, -0.25) is 0 Å². The van der Waals surface area contributed by atoms with Crippen molar-refractivity contribution in [2.45, 2.75) is 0 Å². The first-order chi connectivity index (χ1) is 3.63. The van der Waals surface area contributed by atoms with E-state index < -0.39 is 12.2 Å². The molecule has 44 valence electrons. The standard InChI is InChI=1S/C2H2N2O4.2Li/c5-1(6)3-4-2(7)8;;/h(H,5,6)(H,7,8);;/q;2*+1/p-2. The fourth-order valence-electron chi connectivity index (χ4n) is 0.0816. The molecule has 2 amide bonds. The molecule has 0 heterocycles. The third-order valence-corrected chi connectivity index (χ3v) is 0.213. The van der Waals surface area contributed by atoms with Crippen molar-refractivity contribution < 1.29 is 57.5 Å². The molecule has 0 fully saturated rings. The van der Waals surface area contributed by atoms with Crippen LogP contribution in [0.1, 0.15) is 0 Å². The molecular weight excluding hydrogens is 130 g/mol. The Morgan fingerprint density at radius 3 is 1.20 bits per heavy atom. The van der Waals surface area contributed by atoms with Gasteiger partial charge in [-0.1, -0.05) is 0 Å². The predicted octanol–water partition coefficient (Wildman–Crippen LogP) is -7.87. The summed E-state index contributed by atoms with van der Waals surface area (Å²) in [5.41, 5.74) is 0. The number of amides is 2. The number of carbonyl (C=O) groups excluding carboxylic acids is 2. The van der Waals surface area contributed by atoms with E-state index in [1.165, 1.54) is 0 Å². The van der Waals surface area contributed by atoms with E-state index >= 15 is 0 Å². The second-order valence-corrected chi connectivity index (χ2v) is 0.732. The van der Waals surface area contributed by atoms with Gasteiger partial charge in [0.15, 0.2) is 12.2 Å². The molecule has 0 aliphatic heterocycles. The summed E-state index contributed by atoms with van der Waals surface area (Å²) < 4.78 is 0. The molecule has 0 aromatic rings. The molecule has 0 unspecified atom stereocenters. The van der Waals surface area contributed by atoms with Gasteiger partial charge in [0.25, 0.3) is 0 Å². The van der Waals surface area contributed by atoms with Crippen molar-refractivity contribution in [3.8, 4) is 0 Å². The molecule has 8 heteroatoms. The first-order valence-electron chi connectivity index (χ1n) is 1.46. The Hall–Kier alpha value is -0.265. The van der Waals surface area contributed by atoms with E-state index in [9.17, 15) is 19.8 Å². The number of carbonyl (C=O) groups is 2. The van der Waals surface area contributed by atoms with Gasteiger partial charge in [0.05, 0.1) is 0 Å². The first kappa shape index (κ1) is 16.4. The minimum absolute atomic E-state index is 0. The van der Waals surface area contributed by atoms with Gasteiger partial charge in [-0.15, -0.1) is 10.2 Å². The smallest absolute Gasteiger partial charge is 0.527 e. The van der Waals surface area contributed by atoms with Crippen LogP contribution in [0.3, 0.4) is 0 Å². The van der Waals surface area contributed by atoms with Crippen molar-refractivity contribution in [1.29, 1.82) is 0 Å². The van der Waals surface area contributed by atoms with Crippen LogP contribution in [-0.4, -0.2) is 12.2 Å². The van der Waals surface area contributed by atoms with Gasteiger partial charge < -0.3 is 19.8 Å². The molecule has 0 radical (unpaired) electrons. The van der Waals surface area contributed by atoms with Crippen LogP contribution < -0.4 is 47.9 Å². The summed E-state index contributed by atoms with van der Waals surface area (Å²) in [6.07, 6.45) is -3.82. The second-order valence-electron chi connectivity index (χ2n) is 0.732. The third kappa shape index (κ3) is 15.6. The maximum Gasteiger partial charge on any atom is 1.00 e. The molecule has 0 spiro atoms. The number of azo groups is 1. The van der Waals surface area contributed by atoms with Crippen molar-refractivity contribution in [3.05, 3.63) is 0 Å². The van der Waals surface area contributed by atoms with Crippen molar-refractivity contribution in [2.24, 2.45) is 10.2 Å². The maximum absolute atomic E-state index is 9.24. The van der Waals surface area contributed by atoms with Crippen LogP contribution >= 0.6 is 0 Å². The summed E-state index contributed by atoms with van der Waals surface area (Å²) in [5.74, 6) is 0. The Bertz CT molecular complexity index is 130. The van der Waals surface area contributed by atoms with Gasteiger partial charge >= 0.3 is 37.7 Å². The molecule has 0 aromatic heterocycles. The van der Waals surface area contributed by atoms with Gasteiger partial charge in [0.2, 0.25) is 0 Å². The minimum Gasteiger partial charge on any atom is -0.527 e. The molecule has 0 saturated carbocycles. The maximum atomic E-state index is 9.24. The molecule has 0 aliphatic carbocycles. The summed E-state index contributed by atoms with van der Waals surface area (Å²) in [5, 5.41) is 22.7. The van der Waals surface area contributed by atoms with E-state index in [0.29, 0.717) is 0 Å². The van der Waals surface area contributed by atoms with Crippen LogP contribution in [0, 0.1) is 0 Å². The zero-order valence-corrected chi connectivity index (χ0v) is 5.53. The zero-order chi connectivity index (χ0) is 6.57. The number of hydrogen-bond donors (Lipinski definition) is 0. The van der Waals surface area contributed by atoms with Crippen LogP contribution in [0.4, 0.5) is 9.59 Å². The van der Waals surface area contributed by atoms with Crippen LogP contribution in [0.15, 0.2) is 10.2 Å². The Morgan fingerprint density at radius 2 is 1.10 bits per heavy atom. The SMILES string of the molecule is O=C([O-])N=NC(=O)[O-].[Li+].[Li+]. The average Bonchev–Trinajstić information content (AvgIpc) is 1.61. The summed E-state index contributed by atoms with van der Waals surface area (Å²) in [6, 6.07) is 0. The number of nitrogens with zero attached hydrogens (tertiary/aromatic N) is 2. The van der Waals surface area contributed by atoms with Crippen LogP contribution in [-0.2, 0) is 0 Å². The van der Waals surface area contributed by atoms with Crippen molar-refractivity contribution in [2.75, 3.05) is 0 Å². The molecule has 0 N–H and O–H groups in total. The Morgan fingerprint density at radius 1 is 0.900 bits per heavy atom. The van der Waals surface area contributed by atoms with Crippen molar-refractivity contribution in [1.82, 2.24) is 0 Å². The van der Waals surface area contributed by atoms with Gasteiger partial charge in [-0.05, 0) is 0 Å². The fourth-order valence-corrected chi connectivity index (χ4v) is 0.0816. The van der Waals surface area contributed by atoms with Crippen LogP contribution in [0.5, 0.6) is 0 Å². The van der Waals surface area contributed by atoms with Gasteiger partial charge in [0.1, 0.15) is 0 Å². The zero-order valence-electron chi connectivity index (χ0n) is 5.53. The van der Waals surface area contributed by atoms with Crippen LogP contribution in [0.25, 0.3) is 0 Å². The third-order valence-electron chi connectivity index (χ3n) is 0.213. The predicted molar refractivity (Wildman–Crippen MR) is 15.6 cm³/mol. The Balaban J connectivity index is -0.000000245. The molecule has 6 nitrogen and oxygen atoms in total. The molecular formula is C2Li2N2O4. The van der Waals surface area contributed by atoms with Gasteiger partial charge in [0, 0.05) is 0 Å². The molecule has 0 saturated heterocycles. The largest absolute Gasteiger partial charge is 1.00 e. The van der Waals surface area contributed by atoms with Gasteiger partial charge in [-0.2, -0.15) is 0 Å². The van der Waals surface area contributed by atoms with E-state index in [2.05, 4.69) is 10.2 Å². The van der Waals surface area contributed by atoms with Crippen LogP contribution in [0.2, 0.25) is 0 Å². The second kappa shape index (κ2) is 8.73. The molecule has 0 rings (SSSR count). The molecule has 0 bridgehead atoms.